The van der Waals surface area contributed by atoms with Crippen LogP contribution in [0.1, 0.15) is 13.8 Å². The molecule has 6 heteroatoms. The molecule has 1 aromatic carbocycles. The second-order valence-corrected chi connectivity index (χ2v) is 4.36. The summed E-state index contributed by atoms with van der Waals surface area (Å²) in [6, 6.07) is 5.94. The van der Waals surface area contributed by atoms with Gasteiger partial charge in [0, 0.05) is 12.1 Å². The second-order valence-electron chi connectivity index (χ2n) is 4.36. The number of hydrogen-bond donors (Lipinski definition) is 2. The third-order valence-electron chi connectivity index (χ3n) is 2.18. The first-order valence-electron chi connectivity index (χ1n) is 5.33. The summed E-state index contributed by atoms with van der Waals surface area (Å²) < 4.78 is 18.2. The van der Waals surface area contributed by atoms with Crippen LogP contribution in [-0.4, -0.2) is 24.6 Å². The number of halogens is 2. The van der Waals surface area contributed by atoms with Crippen LogP contribution in [0.15, 0.2) is 24.3 Å². The molecule has 0 aliphatic rings. The lowest BCUT2D eigenvalue weighted by Gasteiger charge is -2.24. The van der Waals surface area contributed by atoms with Gasteiger partial charge in [0.25, 0.3) is 5.91 Å². The highest BCUT2D eigenvalue weighted by Gasteiger charge is 2.18. The topological polar surface area (TPSA) is 64.3 Å². The van der Waals surface area contributed by atoms with Crippen LogP contribution in [0.3, 0.4) is 0 Å². The maximum atomic E-state index is 13.2. The van der Waals surface area contributed by atoms with E-state index in [4.69, 9.17) is 10.5 Å². The Balaban J connectivity index is 0.00000289. The van der Waals surface area contributed by atoms with Crippen molar-refractivity contribution in [2.75, 3.05) is 13.2 Å². The molecule has 0 radical (unpaired) electrons. The molecule has 1 aromatic rings. The molecule has 1 amide bonds. The fourth-order valence-corrected chi connectivity index (χ4v) is 1.17. The molecule has 18 heavy (non-hydrogen) atoms. The summed E-state index contributed by atoms with van der Waals surface area (Å²) in [5, 5.41) is 2.68. The summed E-state index contributed by atoms with van der Waals surface area (Å²) in [4.78, 5) is 11.5. The van der Waals surface area contributed by atoms with Crippen molar-refractivity contribution in [1.29, 1.82) is 0 Å². The molecule has 0 atom stereocenters. The van der Waals surface area contributed by atoms with Crippen LogP contribution in [0, 0.1) is 5.82 Å². The molecule has 0 saturated heterocycles. The number of para-hydroxylation sites is 1. The summed E-state index contributed by atoms with van der Waals surface area (Å²) in [6.45, 7) is 3.69. The molecule has 0 aliphatic carbocycles. The van der Waals surface area contributed by atoms with Gasteiger partial charge in [0.15, 0.2) is 18.2 Å². The van der Waals surface area contributed by atoms with Crippen LogP contribution in [0.5, 0.6) is 5.75 Å². The van der Waals surface area contributed by atoms with Crippen LogP contribution in [0.2, 0.25) is 0 Å². The van der Waals surface area contributed by atoms with Crippen LogP contribution in [0.25, 0.3) is 0 Å². The summed E-state index contributed by atoms with van der Waals surface area (Å²) in [6.07, 6.45) is 0. The van der Waals surface area contributed by atoms with Gasteiger partial charge in [-0.25, -0.2) is 4.39 Å². The van der Waals surface area contributed by atoms with Gasteiger partial charge in [-0.05, 0) is 26.0 Å². The van der Waals surface area contributed by atoms with Gasteiger partial charge in [-0.15, -0.1) is 12.4 Å². The second kappa shape index (κ2) is 7.18. The minimum Gasteiger partial charge on any atom is -0.481 e. The molecular formula is C12H18ClFN2O2. The average Bonchev–Trinajstić information content (AvgIpc) is 2.27. The Kier molecular flexibility index (Phi) is 6.65. The number of hydrogen-bond acceptors (Lipinski definition) is 3. The molecule has 0 aromatic heterocycles. The smallest absolute Gasteiger partial charge is 0.258 e. The molecular weight excluding hydrogens is 259 g/mol. The molecule has 1 rings (SSSR count). The first-order valence-corrected chi connectivity index (χ1v) is 5.33. The lowest BCUT2D eigenvalue weighted by Crippen LogP contribution is -2.50. The highest BCUT2D eigenvalue weighted by Crippen LogP contribution is 2.14. The molecule has 0 bridgehead atoms. The summed E-state index contributed by atoms with van der Waals surface area (Å²) in [5.74, 6) is -0.754. The van der Waals surface area contributed by atoms with Crippen LogP contribution < -0.4 is 15.8 Å². The molecule has 0 heterocycles. The van der Waals surface area contributed by atoms with Gasteiger partial charge in [-0.1, -0.05) is 12.1 Å². The molecule has 0 unspecified atom stereocenters. The summed E-state index contributed by atoms with van der Waals surface area (Å²) in [5.41, 5.74) is 4.98. The van der Waals surface area contributed by atoms with Gasteiger partial charge in [-0.2, -0.15) is 0 Å². The molecule has 0 fully saturated rings. The highest BCUT2D eigenvalue weighted by molar-refractivity contribution is 5.85. The Bertz CT molecular complexity index is 399. The molecule has 3 N–H and O–H groups in total. The standard InChI is InChI=1S/C12H17FN2O2.ClH/c1-12(2,8-14)15-11(16)7-17-10-6-4-3-5-9(10)13;/h3-6H,7-8,14H2,1-2H3,(H,15,16);1H. The largest absolute Gasteiger partial charge is 0.481 e. The van der Waals surface area contributed by atoms with Crippen molar-refractivity contribution in [2.24, 2.45) is 5.73 Å². The molecule has 0 spiro atoms. The summed E-state index contributed by atoms with van der Waals surface area (Å²) >= 11 is 0. The predicted octanol–water partition coefficient (Wildman–Crippen LogP) is 1.48. The van der Waals surface area contributed by atoms with E-state index in [9.17, 15) is 9.18 Å². The predicted molar refractivity (Wildman–Crippen MR) is 70.4 cm³/mol. The van der Waals surface area contributed by atoms with Gasteiger partial charge >= 0.3 is 0 Å². The summed E-state index contributed by atoms with van der Waals surface area (Å²) in [7, 11) is 0. The highest BCUT2D eigenvalue weighted by atomic mass is 35.5. The van der Waals surface area contributed by atoms with E-state index in [2.05, 4.69) is 5.32 Å². The zero-order valence-corrected chi connectivity index (χ0v) is 11.2. The van der Waals surface area contributed by atoms with E-state index < -0.39 is 11.4 Å². The number of carbonyl (C=O) groups excluding carboxylic acids is 1. The van der Waals surface area contributed by atoms with E-state index >= 15 is 0 Å². The van der Waals surface area contributed by atoms with Crippen molar-refractivity contribution in [1.82, 2.24) is 5.32 Å². The normalized spacial score (nSPS) is 10.4. The SMILES string of the molecule is CC(C)(CN)NC(=O)COc1ccccc1F.Cl. The Hall–Kier alpha value is -1.33. The Morgan fingerprint density at radius 1 is 1.44 bits per heavy atom. The van der Waals surface area contributed by atoms with E-state index in [1.807, 2.05) is 0 Å². The number of benzene rings is 1. The van der Waals surface area contributed by atoms with E-state index in [0.717, 1.165) is 0 Å². The minimum atomic E-state index is -0.490. The number of nitrogens with one attached hydrogen (secondary N) is 1. The number of carbonyl (C=O) groups is 1. The minimum absolute atomic E-state index is 0. The van der Waals surface area contributed by atoms with Crippen molar-refractivity contribution in [3.05, 3.63) is 30.1 Å². The molecule has 102 valence electrons. The van der Waals surface area contributed by atoms with Crippen molar-refractivity contribution >= 4 is 18.3 Å². The Labute approximate surface area is 112 Å². The number of ether oxygens (including phenoxy) is 1. The molecule has 0 saturated carbocycles. The van der Waals surface area contributed by atoms with Gasteiger partial charge in [-0.3, -0.25) is 4.79 Å². The Morgan fingerprint density at radius 2 is 2.06 bits per heavy atom. The zero-order chi connectivity index (χ0) is 12.9. The van der Waals surface area contributed by atoms with Crippen molar-refractivity contribution in [3.8, 4) is 5.75 Å². The monoisotopic (exact) mass is 276 g/mol. The van der Waals surface area contributed by atoms with E-state index in [0.29, 0.717) is 6.54 Å². The fraction of sp³-hybridized carbons (Fsp3) is 0.417. The van der Waals surface area contributed by atoms with Crippen LogP contribution in [-0.2, 0) is 4.79 Å². The lowest BCUT2D eigenvalue weighted by molar-refractivity contribution is -0.124. The maximum Gasteiger partial charge on any atom is 0.258 e. The van der Waals surface area contributed by atoms with Gasteiger partial charge in [0.05, 0.1) is 0 Å². The third kappa shape index (κ3) is 5.33. The van der Waals surface area contributed by atoms with E-state index in [1.54, 1.807) is 26.0 Å². The third-order valence-corrected chi connectivity index (χ3v) is 2.18. The number of amides is 1. The van der Waals surface area contributed by atoms with E-state index in [1.165, 1.54) is 12.1 Å². The quantitative estimate of drug-likeness (QED) is 0.856. The first kappa shape index (κ1) is 16.7. The van der Waals surface area contributed by atoms with Gasteiger partial charge in [0.1, 0.15) is 0 Å². The van der Waals surface area contributed by atoms with Crippen molar-refractivity contribution in [3.63, 3.8) is 0 Å². The number of rotatable bonds is 5. The van der Waals surface area contributed by atoms with Gasteiger partial charge < -0.3 is 15.8 Å². The van der Waals surface area contributed by atoms with Crippen molar-refractivity contribution in [2.45, 2.75) is 19.4 Å². The molecule has 0 aliphatic heterocycles. The number of nitrogens with two attached hydrogens (primary N) is 1. The first-order chi connectivity index (χ1) is 7.94. The maximum absolute atomic E-state index is 13.2. The fourth-order valence-electron chi connectivity index (χ4n) is 1.17. The molecule has 4 nitrogen and oxygen atoms in total. The lowest BCUT2D eigenvalue weighted by atomic mass is 10.1. The van der Waals surface area contributed by atoms with Crippen LogP contribution in [0.4, 0.5) is 4.39 Å². The van der Waals surface area contributed by atoms with Gasteiger partial charge in [0.2, 0.25) is 0 Å². The Morgan fingerprint density at radius 3 is 2.61 bits per heavy atom. The van der Waals surface area contributed by atoms with Crippen LogP contribution >= 0.6 is 12.4 Å². The van der Waals surface area contributed by atoms with E-state index in [-0.39, 0.29) is 30.7 Å². The average molecular weight is 277 g/mol. The zero-order valence-electron chi connectivity index (χ0n) is 10.4. The van der Waals surface area contributed by atoms with Crippen molar-refractivity contribution < 1.29 is 13.9 Å².